The minimum atomic E-state index is -2.72. The number of carbonyl (C=O) groups is 1. The fourth-order valence-corrected chi connectivity index (χ4v) is 11.7. The van der Waals surface area contributed by atoms with Crippen LogP contribution in [0.2, 0.25) is 23.2 Å². The van der Waals surface area contributed by atoms with E-state index in [-0.39, 0.29) is 46.8 Å². The lowest BCUT2D eigenvalue weighted by atomic mass is 9.85. The zero-order chi connectivity index (χ0) is 31.1. The molecule has 0 amide bonds. The van der Waals surface area contributed by atoms with Crippen LogP contribution in [0.4, 0.5) is 0 Å². The minimum Gasteiger partial charge on any atom is -0.413 e. The molecule has 0 aliphatic carbocycles. The Labute approximate surface area is 252 Å². The summed E-state index contributed by atoms with van der Waals surface area (Å²) in [7, 11) is -3.28. The largest absolute Gasteiger partial charge is 0.413 e. The van der Waals surface area contributed by atoms with Gasteiger partial charge in [0.1, 0.15) is 13.1 Å². The maximum Gasteiger partial charge on any atom is 0.261 e. The number of aldehydes is 1. The molecule has 0 N–H and O–H groups in total. The quantitative estimate of drug-likeness (QED) is 0.125. The Bertz CT molecular complexity index is 1010. The fourth-order valence-electron chi connectivity index (χ4n) is 5.56. The Morgan fingerprint density at radius 2 is 1.27 bits per heavy atom. The highest BCUT2D eigenvalue weighted by Crippen LogP contribution is 2.41. The van der Waals surface area contributed by atoms with E-state index in [9.17, 15) is 4.79 Å². The zero-order valence-corrected chi connectivity index (χ0v) is 29.7. The van der Waals surface area contributed by atoms with Gasteiger partial charge in [0.05, 0.1) is 12.2 Å². The highest BCUT2D eigenvalue weighted by Gasteiger charge is 2.51. The first kappa shape index (κ1) is 35.6. The van der Waals surface area contributed by atoms with Crippen LogP contribution in [0.5, 0.6) is 0 Å². The molecule has 0 aliphatic heterocycles. The molecule has 2 aromatic rings. The highest BCUT2D eigenvalue weighted by atomic mass is 28.4. The summed E-state index contributed by atoms with van der Waals surface area (Å²) in [5, 5.41) is 2.43. The molecule has 5 atom stereocenters. The molecule has 0 bridgehead atoms. The summed E-state index contributed by atoms with van der Waals surface area (Å²) in [5.41, 5.74) is 0. The van der Waals surface area contributed by atoms with Crippen LogP contribution >= 0.6 is 0 Å². The summed E-state index contributed by atoms with van der Waals surface area (Å²) in [6, 6.07) is 21.5. The SMILES string of the molecule is COCO[C@@H]([C@@H](C)[C@@H](O[Si](C)(C)C(C)(C)C)[C@H](C)CO[Si](c1ccccc1)(c1ccccc1)C(C)(C)C)[C@@H](C)C=O. The normalized spacial score (nSPS) is 17.0. The molecular formula is C34H56O5Si2. The van der Waals surface area contributed by atoms with Gasteiger partial charge in [-0.1, -0.05) is 123 Å². The van der Waals surface area contributed by atoms with Gasteiger partial charge in [-0.05, 0) is 33.5 Å². The maximum atomic E-state index is 12.0. The standard InChI is InChI=1S/C34H56O5Si2/c1-26(23-35)31(37-25-36-10)28(3)32(39-40(11,12)33(4,5)6)27(2)24-38-41(34(7,8)9,29-19-15-13-16-20-29)30-21-17-14-18-22-30/h13-23,26-28,31-32H,24-25H2,1-12H3/t26-,27+,28+,31+,32-/m0/s1. The fraction of sp³-hybridized carbons (Fsp3) is 0.618. The molecule has 0 aliphatic rings. The van der Waals surface area contributed by atoms with Gasteiger partial charge in [0, 0.05) is 31.5 Å². The van der Waals surface area contributed by atoms with Crippen LogP contribution in [0.25, 0.3) is 0 Å². The van der Waals surface area contributed by atoms with Crippen molar-refractivity contribution >= 4 is 33.3 Å². The van der Waals surface area contributed by atoms with Crippen molar-refractivity contribution in [2.24, 2.45) is 17.8 Å². The van der Waals surface area contributed by atoms with Gasteiger partial charge in [0.25, 0.3) is 8.32 Å². The van der Waals surface area contributed by atoms with Crippen molar-refractivity contribution in [3.63, 3.8) is 0 Å². The van der Waals surface area contributed by atoms with Gasteiger partial charge in [-0.25, -0.2) is 0 Å². The number of hydrogen-bond acceptors (Lipinski definition) is 5. The molecular weight excluding hydrogens is 545 g/mol. The monoisotopic (exact) mass is 600 g/mol. The predicted molar refractivity (Wildman–Crippen MR) is 176 cm³/mol. The average Bonchev–Trinajstić information content (AvgIpc) is 2.91. The van der Waals surface area contributed by atoms with E-state index in [0.717, 1.165) is 6.29 Å². The molecule has 0 radical (unpaired) electrons. The first-order chi connectivity index (χ1) is 19.0. The molecule has 0 spiro atoms. The van der Waals surface area contributed by atoms with Gasteiger partial charge in [-0.3, -0.25) is 0 Å². The van der Waals surface area contributed by atoms with Crippen molar-refractivity contribution in [2.75, 3.05) is 20.5 Å². The van der Waals surface area contributed by atoms with Crippen LogP contribution in [-0.4, -0.2) is 55.6 Å². The molecule has 0 heterocycles. The minimum absolute atomic E-state index is 0.0305. The van der Waals surface area contributed by atoms with Crippen molar-refractivity contribution in [1.82, 2.24) is 0 Å². The number of benzene rings is 2. The average molecular weight is 601 g/mol. The highest BCUT2D eigenvalue weighted by molar-refractivity contribution is 6.99. The van der Waals surface area contributed by atoms with Gasteiger partial charge < -0.3 is 23.1 Å². The van der Waals surface area contributed by atoms with E-state index >= 15 is 0 Å². The van der Waals surface area contributed by atoms with E-state index < -0.39 is 16.6 Å². The maximum absolute atomic E-state index is 12.0. The van der Waals surface area contributed by atoms with E-state index in [1.807, 2.05) is 6.92 Å². The van der Waals surface area contributed by atoms with Gasteiger partial charge >= 0.3 is 0 Å². The Kier molecular flexibility index (Phi) is 12.8. The number of hydrogen-bond donors (Lipinski definition) is 0. The van der Waals surface area contributed by atoms with E-state index in [4.69, 9.17) is 18.3 Å². The van der Waals surface area contributed by atoms with Gasteiger partial charge in [-0.15, -0.1) is 0 Å². The van der Waals surface area contributed by atoms with Crippen molar-refractivity contribution in [1.29, 1.82) is 0 Å². The predicted octanol–water partition coefficient (Wildman–Crippen LogP) is 7.05. The number of rotatable bonds is 15. The van der Waals surface area contributed by atoms with Crippen LogP contribution in [-0.2, 0) is 23.1 Å². The summed E-state index contributed by atoms with van der Waals surface area (Å²) in [6.45, 7) is 25.2. The van der Waals surface area contributed by atoms with Gasteiger partial charge in [0.15, 0.2) is 8.32 Å². The smallest absolute Gasteiger partial charge is 0.261 e. The topological polar surface area (TPSA) is 54.0 Å². The van der Waals surface area contributed by atoms with E-state index in [1.165, 1.54) is 10.4 Å². The summed E-state index contributed by atoms with van der Waals surface area (Å²) in [4.78, 5) is 12.0. The van der Waals surface area contributed by atoms with Crippen LogP contribution in [0.3, 0.4) is 0 Å². The Hall–Kier alpha value is -1.62. The first-order valence-electron chi connectivity index (χ1n) is 15.0. The summed E-state index contributed by atoms with van der Waals surface area (Å²) < 4.78 is 25.9. The Morgan fingerprint density at radius 1 is 0.780 bits per heavy atom. The molecule has 5 nitrogen and oxygen atoms in total. The molecule has 0 aromatic heterocycles. The summed E-state index contributed by atoms with van der Waals surface area (Å²) >= 11 is 0. The van der Waals surface area contributed by atoms with Crippen LogP contribution in [0, 0.1) is 17.8 Å². The molecule has 2 rings (SSSR count). The van der Waals surface area contributed by atoms with Crippen LogP contribution < -0.4 is 10.4 Å². The number of methoxy groups -OCH3 is 1. The molecule has 2 aromatic carbocycles. The Balaban J connectivity index is 2.58. The molecule has 0 saturated carbocycles. The molecule has 0 fully saturated rings. The molecule has 230 valence electrons. The lowest BCUT2D eigenvalue weighted by molar-refractivity contribution is -0.139. The van der Waals surface area contributed by atoms with Crippen LogP contribution in [0.15, 0.2) is 60.7 Å². The second kappa shape index (κ2) is 14.7. The van der Waals surface area contributed by atoms with Crippen molar-refractivity contribution in [3.8, 4) is 0 Å². The van der Waals surface area contributed by atoms with Gasteiger partial charge in [0.2, 0.25) is 0 Å². The van der Waals surface area contributed by atoms with Crippen LogP contribution in [0.1, 0.15) is 62.3 Å². The van der Waals surface area contributed by atoms with E-state index in [1.54, 1.807) is 7.11 Å². The first-order valence-corrected chi connectivity index (χ1v) is 19.8. The number of ether oxygens (including phenoxy) is 2. The molecule has 0 saturated heterocycles. The van der Waals surface area contributed by atoms with Crippen molar-refractivity contribution in [3.05, 3.63) is 60.7 Å². The van der Waals surface area contributed by atoms with Crippen molar-refractivity contribution in [2.45, 2.75) is 97.7 Å². The summed E-state index contributed by atoms with van der Waals surface area (Å²) in [5.74, 6) is -0.305. The second-order valence-corrected chi connectivity index (χ2v) is 23.2. The molecule has 7 heteroatoms. The Morgan fingerprint density at radius 3 is 1.66 bits per heavy atom. The third kappa shape index (κ3) is 8.49. The zero-order valence-electron chi connectivity index (χ0n) is 27.7. The lowest BCUT2D eigenvalue weighted by Gasteiger charge is -2.47. The molecule has 0 unspecified atom stereocenters. The van der Waals surface area contributed by atoms with E-state index in [2.05, 4.69) is 129 Å². The third-order valence-electron chi connectivity index (χ3n) is 8.92. The van der Waals surface area contributed by atoms with E-state index in [0.29, 0.717) is 6.61 Å². The van der Waals surface area contributed by atoms with Crippen molar-refractivity contribution < 1.29 is 23.1 Å². The second-order valence-electron chi connectivity index (χ2n) is 14.2. The lowest BCUT2D eigenvalue weighted by Crippen LogP contribution is -2.67. The third-order valence-corrected chi connectivity index (χ3v) is 18.4. The summed E-state index contributed by atoms with van der Waals surface area (Å²) in [6.07, 6.45) is 0.472. The number of carbonyl (C=O) groups excluding carboxylic acids is 1. The van der Waals surface area contributed by atoms with Gasteiger partial charge in [-0.2, -0.15) is 0 Å². The molecule has 41 heavy (non-hydrogen) atoms.